The van der Waals surface area contributed by atoms with Crippen LogP contribution < -0.4 is 5.32 Å². The fourth-order valence-corrected chi connectivity index (χ4v) is 1.86. The van der Waals surface area contributed by atoms with E-state index in [2.05, 4.69) is 31.6 Å². The summed E-state index contributed by atoms with van der Waals surface area (Å²) >= 11 is 0. The summed E-state index contributed by atoms with van der Waals surface area (Å²) in [5, 5.41) is 12.5. The largest absolute Gasteiger partial charge is 0.508 e. The van der Waals surface area contributed by atoms with E-state index in [4.69, 9.17) is 0 Å². The van der Waals surface area contributed by atoms with Gasteiger partial charge in [0.1, 0.15) is 11.6 Å². The van der Waals surface area contributed by atoms with Crippen LogP contribution in [0.2, 0.25) is 0 Å². The Morgan fingerprint density at radius 2 is 1.86 bits per heavy atom. The lowest BCUT2D eigenvalue weighted by atomic mass is 10.0. The molecule has 22 heavy (non-hydrogen) atoms. The second kappa shape index (κ2) is 7.78. The molecule has 0 radical (unpaired) electrons. The number of aldehydes is 1. The first-order valence-electron chi connectivity index (χ1n) is 6.48. The maximum absolute atomic E-state index is 13.5. The molecule has 0 aliphatic rings. The second-order valence-electron chi connectivity index (χ2n) is 4.49. The Hall–Kier alpha value is -2.88. The smallest absolute Gasteiger partial charge is 0.152 e. The minimum absolute atomic E-state index is 0.0137. The Morgan fingerprint density at radius 1 is 1.23 bits per heavy atom. The second-order valence-corrected chi connectivity index (χ2v) is 4.49. The first-order valence-corrected chi connectivity index (χ1v) is 6.48. The van der Waals surface area contributed by atoms with Gasteiger partial charge in [0.05, 0.1) is 5.56 Å². The molecule has 0 atom stereocenters. The molecule has 2 N–H and O–H groups in total. The number of benzene rings is 1. The fourth-order valence-electron chi connectivity index (χ4n) is 1.86. The van der Waals surface area contributed by atoms with Crippen molar-refractivity contribution in [2.75, 3.05) is 0 Å². The molecule has 1 aromatic rings. The number of nitrogens with one attached hydrogen (secondary N) is 1. The number of carbonyl (C=O) groups is 1. The molecule has 0 aromatic heterocycles. The van der Waals surface area contributed by atoms with Gasteiger partial charge in [0, 0.05) is 23.4 Å². The lowest BCUT2D eigenvalue weighted by Gasteiger charge is -2.14. The zero-order chi connectivity index (χ0) is 16.7. The Labute approximate surface area is 129 Å². The zero-order valence-corrected chi connectivity index (χ0v) is 12.2. The Balaban J connectivity index is 2.91. The van der Waals surface area contributed by atoms with E-state index in [1.165, 1.54) is 24.3 Å². The zero-order valence-electron chi connectivity index (χ0n) is 12.2. The molecule has 0 aliphatic carbocycles. The number of hydrogen-bond acceptors (Lipinski definition) is 3. The van der Waals surface area contributed by atoms with E-state index in [-0.39, 0.29) is 11.3 Å². The monoisotopic (exact) mass is 299 g/mol. The molecule has 0 saturated carbocycles. The lowest BCUT2D eigenvalue weighted by Crippen LogP contribution is -2.14. The number of halogens is 1. The van der Waals surface area contributed by atoms with Crippen LogP contribution >= 0.6 is 0 Å². The van der Waals surface area contributed by atoms with E-state index >= 15 is 0 Å². The van der Waals surface area contributed by atoms with Crippen LogP contribution in [0.1, 0.15) is 15.9 Å². The number of hydrogen-bond donors (Lipinski definition) is 2. The summed E-state index contributed by atoms with van der Waals surface area (Å²) in [5.41, 5.74) is 2.11. The number of aliphatic hydroxyl groups excluding tert-OH is 1. The lowest BCUT2D eigenvalue weighted by molar-refractivity contribution is 0.112. The van der Waals surface area contributed by atoms with Gasteiger partial charge in [-0.25, -0.2) is 4.39 Å². The molecule has 1 rings (SSSR count). The van der Waals surface area contributed by atoms with Gasteiger partial charge < -0.3 is 10.4 Å². The number of aliphatic hydroxyl groups is 1. The summed E-state index contributed by atoms with van der Waals surface area (Å²) in [6.07, 6.45) is 3.43. The van der Waals surface area contributed by atoms with Crippen molar-refractivity contribution in [3.8, 4) is 0 Å². The van der Waals surface area contributed by atoms with Crippen LogP contribution in [0, 0.1) is 5.82 Å². The van der Waals surface area contributed by atoms with Crippen molar-refractivity contribution in [1.82, 2.24) is 5.32 Å². The molecule has 0 saturated heterocycles. The summed E-state index contributed by atoms with van der Waals surface area (Å²) in [6, 6.07) is 4.33. The predicted molar refractivity (Wildman–Crippen MR) is 87.0 cm³/mol. The van der Waals surface area contributed by atoms with Crippen LogP contribution in [0.3, 0.4) is 0 Å². The minimum atomic E-state index is -0.574. The Bertz CT molecular complexity index is 672. The van der Waals surface area contributed by atoms with Gasteiger partial charge >= 0.3 is 0 Å². The van der Waals surface area contributed by atoms with Crippen molar-refractivity contribution in [3.05, 3.63) is 96.2 Å². The number of carbonyl (C=O) groups excluding carboxylic acids is 1. The predicted octanol–water partition coefficient (Wildman–Crippen LogP) is 3.98. The molecule has 0 unspecified atom stereocenters. The van der Waals surface area contributed by atoms with Crippen molar-refractivity contribution < 1.29 is 14.3 Å². The highest BCUT2D eigenvalue weighted by Gasteiger charge is 2.08. The summed E-state index contributed by atoms with van der Waals surface area (Å²) in [7, 11) is 0. The van der Waals surface area contributed by atoms with Crippen molar-refractivity contribution in [3.63, 3.8) is 0 Å². The fraction of sp³-hybridized carbons (Fsp3) is 0.0556. The summed E-state index contributed by atoms with van der Waals surface area (Å²) in [4.78, 5) is 10.6. The molecule has 0 heterocycles. The maximum atomic E-state index is 13.5. The third-order valence-electron chi connectivity index (χ3n) is 3.03. The molecule has 0 fully saturated rings. The molecular weight excluding hydrogens is 281 g/mol. The third-order valence-corrected chi connectivity index (χ3v) is 3.03. The maximum Gasteiger partial charge on any atom is 0.152 e. The molecular formula is C18H18FNO2. The van der Waals surface area contributed by atoms with Gasteiger partial charge in [0.2, 0.25) is 0 Å². The van der Waals surface area contributed by atoms with Crippen LogP contribution in [-0.4, -0.2) is 11.4 Å². The van der Waals surface area contributed by atoms with Gasteiger partial charge in [0.25, 0.3) is 0 Å². The van der Waals surface area contributed by atoms with Gasteiger partial charge in [-0.2, -0.15) is 0 Å². The molecule has 0 aliphatic heterocycles. The molecule has 114 valence electrons. The van der Waals surface area contributed by atoms with E-state index in [0.29, 0.717) is 35.2 Å². The highest BCUT2D eigenvalue weighted by Crippen LogP contribution is 2.19. The van der Waals surface area contributed by atoms with Gasteiger partial charge in [-0.05, 0) is 17.7 Å². The van der Waals surface area contributed by atoms with Gasteiger partial charge in [-0.3, -0.25) is 4.79 Å². The first kappa shape index (κ1) is 17.2. The van der Waals surface area contributed by atoms with Crippen LogP contribution in [0.15, 0.2) is 79.3 Å². The number of allylic oxidation sites excluding steroid dienone is 2. The minimum Gasteiger partial charge on any atom is -0.508 e. The van der Waals surface area contributed by atoms with E-state index < -0.39 is 5.82 Å². The van der Waals surface area contributed by atoms with Crippen molar-refractivity contribution in [1.29, 1.82) is 0 Å². The normalized spacial score (nSPS) is 11.1. The van der Waals surface area contributed by atoms with E-state index in [1.807, 2.05) is 0 Å². The standard InChI is InChI=1S/C18H18FNO2/c1-5-16(17(6-2)13(4)22)12(3)20-10-14-7-8-15(11-21)18(19)9-14/h5-9,11,20,22H,1-4,10H2/b17-16-. The quantitative estimate of drug-likeness (QED) is 0.433. The summed E-state index contributed by atoms with van der Waals surface area (Å²) in [5.74, 6) is -0.718. The molecule has 3 nitrogen and oxygen atoms in total. The molecule has 0 bridgehead atoms. The van der Waals surface area contributed by atoms with E-state index in [0.717, 1.165) is 0 Å². The SMILES string of the molecule is C=C/C(C(=C)O)=C(\C=C)C(=C)NCc1ccc(C=O)c(F)c1. The van der Waals surface area contributed by atoms with Gasteiger partial charge in [0.15, 0.2) is 6.29 Å². The van der Waals surface area contributed by atoms with Crippen LogP contribution in [0.25, 0.3) is 0 Å². The summed E-state index contributed by atoms with van der Waals surface area (Å²) in [6.45, 7) is 14.9. The molecule has 0 spiro atoms. The summed E-state index contributed by atoms with van der Waals surface area (Å²) < 4.78 is 13.5. The Morgan fingerprint density at radius 3 is 2.32 bits per heavy atom. The average Bonchev–Trinajstić information content (AvgIpc) is 2.49. The molecule has 0 amide bonds. The van der Waals surface area contributed by atoms with Crippen LogP contribution in [0.4, 0.5) is 4.39 Å². The highest BCUT2D eigenvalue weighted by atomic mass is 19.1. The van der Waals surface area contributed by atoms with E-state index in [9.17, 15) is 14.3 Å². The topological polar surface area (TPSA) is 49.3 Å². The highest BCUT2D eigenvalue weighted by molar-refractivity contribution is 5.75. The van der Waals surface area contributed by atoms with Crippen molar-refractivity contribution in [2.45, 2.75) is 6.54 Å². The van der Waals surface area contributed by atoms with E-state index in [1.54, 1.807) is 6.07 Å². The number of rotatable bonds is 8. The Kier molecular flexibility index (Phi) is 6.08. The molecule has 4 heteroatoms. The molecule has 1 aromatic carbocycles. The van der Waals surface area contributed by atoms with Crippen molar-refractivity contribution >= 4 is 6.29 Å². The third kappa shape index (κ3) is 4.06. The average molecular weight is 299 g/mol. The van der Waals surface area contributed by atoms with Crippen LogP contribution in [-0.2, 0) is 6.54 Å². The van der Waals surface area contributed by atoms with Gasteiger partial charge in [-0.15, -0.1) is 0 Å². The van der Waals surface area contributed by atoms with Crippen molar-refractivity contribution in [2.24, 2.45) is 0 Å². The van der Waals surface area contributed by atoms with Gasteiger partial charge in [-0.1, -0.05) is 44.5 Å². The van der Waals surface area contributed by atoms with Crippen LogP contribution in [0.5, 0.6) is 0 Å². The first-order chi connectivity index (χ1) is 10.4.